The van der Waals surface area contributed by atoms with Crippen molar-refractivity contribution in [3.8, 4) is 0 Å². The standard InChI is InChI=1S/C10H14N2OS/c1-2-14-10-11-8-6-4-3-5-7(8)9(13)12-10/h2-6H2,1H3,(H,11,12,13). The predicted octanol–water partition coefficient (Wildman–Crippen LogP) is 1.76. The van der Waals surface area contributed by atoms with E-state index in [0.717, 1.165) is 41.4 Å². The highest BCUT2D eigenvalue weighted by Crippen LogP contribution is 2.18. The Balaban J connectivity index is 2.41. The van der Waals surface area contributed by atoms with Crippen LogP contribution >= 0.6 is 11.8 Å². The summed E-state index contributed by atoms with van der Waals surface area (Å²) in [7, 11) is 0. The second kappa shape index (κ2) is 4.17. The van der Waals surface area contributed by atoms with E-state index in [4.69, 9.17) is 0 Å². The van der Waals surface area contributed by atoms with Gasteiger partial charge in [-0.1, -0.05) is 18.7 Å². The van der Waals surface area contributed by atoms with E-state index in [1.807, 2.05) is 0 Å². The first-order valence-corrected chi connectivity index (χ1v) is 6.04. The van der Waals surface area contributed by atoms with Crippen LogP contribution in [0.3, 0.4) is 0 Å². The number of hydrogen-bond acceptors (Lipinski definition) is 3. The minimum atomic E-state index is 0.0747. The van der Waals surface area contributed by atoms with Gasteiger partial charge < -0.3 is 4.98 Å². The molecule has 0 spiro atoms. The highest BCUT2D eigenvalue weighted by molar-refractivity contribution is 7.99. The maximum atomic E-state index is 11.7. The Morgan fingerprint density at radius 2 is 2.21 bits per heavy atom. The average Bonchev–Trinajstić information content (AvgIpc) is 2.18. The fourth-order valence-electron chi connectivity index (χ4n) is 1.79. The molecule has 0 unspecified atom stereocenters. The van der Waals surface area contributed by atoms with Gasteiger partial charge >= 0.3 is 0 Å². The number of rotatable bonds is 2. The number of aromatic nitrogens is 2. The predicted molar refractivity (Wildman–Crippen MR) is 57.9 cm³/mol. The minimum absolute atomic E-state index is 0.0747. The number of nitrogens with one attached hydrogen (secondary N) is 1. The third-order valence-corrected chi connectivity index (χ3v) is 3.21. The van der Waals surface area contributed by atoms with Crippen molar-refractivity contribution in [2.24, 2.45) is 0 Å². The average molecular weight is 210 g/mol. The molecule has 0 saturated heterocycles. The Labute approximate surface area is 87.3 Å². The van der Waals surface area contributed by atoms with E-state index in [9.17, 15) is 4.79 Å². The molecule has 0 atom stereocenters. The van der Waals surface area contributed by atoms with Crippen LogP contribution in [-0.2, 0) is 12.8 Å². The molecule has 4 heteroatoms. The van der Waals surface area contributed by atoms with E-state index < -0.39 is 0 Å². The lowest BCUT2D eigenvalue weighted by Crippen LogP contribution is -2.21. The highest BCUT2D eigenvalue weighted by Gasteiger charge is 2.14. The van der Waals surface area contributed by atoms with Crippen LogP contribution in [0.2, 0.25) is 0 Å². The lowest BCUT2D eigenvalue weighted by molar-refractivity contribution is 0.641. The van der Waals surface area contributed by atoms with E-state index in [1.165, 1.54) is 6.42 Å². The van der Waals surface area contributed by atoms with Gasteiger partial charge in [-0.15, -0.1) is 0 Å². The second-order valence-corrected chi connectivity index (χ2v) is 4.69. The molecule has 0 amide bonds. The summed E-state index contributed by atoms with van der Waals surface area (Å²) in [6.07, 6.45) is 4.16. The minimum Gasteiger partial charge on any atom is -0.301 e. The molecule has 1 N–H and O–H groups in total. The SMILES string of the molecule is CCSc1nc2c(c(=O)[nH]1)CCCC2. The summed E-state index contributed by atoms with van der Waals surface area (Å²) in [5.41, 5.74) is 2.01. The molecule has 3 nitrogen and oxygen atoms in total. The van der Waals surface area contributed by atoms with Crippen LogP contribution in [-0.4, -0.2) is 15.7 Å². The van der Waals surface area contributed by atoms with E-state index in [1.54, 1.807) is 11.8 Å². The van der Waals surface area contributed by atoms with Crippen LogP contribution in [0, 0.1) is 0 Å². The fourth-order valence-corrected chi connectivity index (χ4v) is 2.40. The van der Waals surface area contributed by atoms with Crippen molar-refractivity contribution in [3.05, 3.63) is 21.6 Å². The van der Waals surface area contributed by atoms with Crippen LogP contribution in [0.15, 0.2) is 9.95 Å². The summed E-state index contributed by atoms with van der Waals surface area (Å²) >= 11 is 1.60. The van der Waals surface area contributed by atoms with Crippen molar-refractivity contribution in [3.63, 3.8) is 0 Å². The van der Waals surface area contributed by atoms with Crippen LogP contribution in [0.1, 0.15) is 31.0 Å². The largest absolute Gasteiger partial charge is 0.301 e. The quantitative estimate of drug-likeness (QED) is 0.597. The van der Waals surface area contributed by atoms with Crippen LogP contribution in [0.25, 0.3) is 0 Å². The molecule has 1 aromatic heterocycles. The number of aromatic amines is 1. The van der Waals surface area contributed by atoms with E-state index in [2.05, 4.69) is 16.9 Å². The first-order chi connectivity index (χ1) is 6.81. The Hall–Kier alpha value is -0.770. The van der Waals surface area contributed by atoms with E-state index >= 15 is 0 Å². The number of H-pyrrole nitrogens is 1. The highest BCUT2D eigenvalue weighted by atomic mass is 32.2. The normalized spacial score (nSPS) is 15.2. The van der Waals surface area contributed by atoms with Crippen molar-refractivity contribution in [2.45, 2.75) is 37.8 Å². The van der Waals surface area contributed by atoms with Crippen molar-refractivity contribution in [1.82, 2.24) is 9.97 Å². The van der Waals surface area contributed by atoms with Gasteiger partial charge in [0.15, 0.2) is 5.16 Å². The topological polar surface area (TPSA) is 45.8 Å². The zero-order valence-corrected chi connectivity index (χ0v) is 9.12. The van der Waals surface area contributed by atoms with Gasteiger partial charge in [0, 0.05) is 5.56 Å². The molecule has 14 heavy (non-hydrogen) atoms. The molecular weight excluding hydrogens is 196 g/mol. The van der Waals surface area contributed by atoms with Crippen molar-refractivity contribution in [2.75, 3.05) is 5.75 Å². The maximum Gasteiger partial charge on any atom is 0.254 e. The van der Waals surface area contributed by atoms with Gasteiger partial charge in [-0.05, 0) is 31.4 Å². The summed E-state index contributed by atoms with van der Waals surface area (Å²) in [6, 6.07) is 0. The molecule has 0 saturated carbocycles. The van der Waals surface area contributed by atoms with Crippen molar-refractivity contribution < 1.29 is 0 Å². The summed E-state index contributed by atoms with van der Waals surface area (Å²) in [5, 5.41) is 0.776. The first-order valence-electron chi connectivity index (χ1n) is 5.06. The molecule has 1 aliphatic carbocycles. The lowest BCUT2D eigenvalue weighted by Gasteiger charge is -2.13. The molecule has 1 aromatic rings. The molecule has 0 radical (unpaired) electrons. The third kappa shape index (κ3) is 1.85. The number of aryl methyl sites for hydroxylation is 1. The fraction of sp³-hybridized carbons (Fsp3) is 0.600. The Bertz CT molecular complexity index is 386. The lowest BCUT2D eigenvalue weighted by atomic mass is 9.97. The van der Waals surface area contributed by atoms with Crippen molar-refractivity contribution in [1.29, 1.82) is 0 Å². The maximum absolute atomic E-state index is 11.7. The van der Waals surface area contributed by atoms with Crippen molar-refractivity contribution >= 4 is 11.8 Å². The van der Waals surface area contributed by atoms with Gasteiger partial charge in [0.2, 0.25) is 0 Å². The molecule has 0 aromatic carbocycles. The summed E-state index contributed by atoms with van der Waals surface area (Å²) < 4.78 is 0. The molecule has 1 aliphatic rings. The van der Waals surface area contributed by atoms with Gasteiger partial charge in [0.25, 0.3) is 5.56 Å². The van der Waals surface area contributed by atoms with E-state index in [-0.39, 0.29) is 5.56 Å². The second-order valence-electron chi connectivity index (χ2n) is 3.44. The molecule has 1 heterocycles. The van der Waals surface area contributed by atoms with Crippen LogP contribution in [0.5, 0.6) is 0 Å². The van der Waals surface area contributed by atoms with Gasteiger partial charge in [-0.2, -0.15) is 0 Å². The van der Waals surface area contributed by atoms with Gasteiger partial charge in [0.1, 0.15) is 0 Å². The molecular formula is C10H14N2OS. The Morgan fingerprint density at radius 1 is 1.43 bits per heavy atom. The molecule has 0 fully saturated rings. The van der Waals surface area contributed by atoms with E-state index in [0.29, 0.717) is 0 Å². The number of thioether (sulfide) groups is 1. The zero-order valence-electron chi connectivity index (χ0n) is 8.30. The summed E-state index contributed by atoms with van der Waals surface area (Å²) in [5.74, 6) is 0.946. The number of fused-ring (bicyclic) bond motifs is 1. The van der Waals surface area contributed by atoms with Crippen LogP contribution < -0.4 is 5.56 Å². The molecule has 0 aliphatic heterocycles. The Morgan fingerprint density at radius 3 is 3.00 bits per heavy atom. The summed E-state index contributed by atoms with van der Waals surface area (Å²) in [4.78, 5) is 19.0. The molecule has 0 bridgehead atoms. The first kappa shape index (κ1) is 9.77. The van der Waals surface area contributed by atoms with Crippen LogP contribution in [0.4, 0.5) is 0 Å². The molecule has 76 valence electrons. The monoisotopic (exact) mass is 210 g/mol. The van der Waals surface area contributed by atoms with Gasteiger partial charge in [-0.3, -0.25) is 4.79 Å². The zero-order chi connectivity index (χ0) is 9.97. The number of hydrogen-bond donors (Lipinski definition) is 1. The summed E-state index contributed by atoms with van der Waals surface area (Å²) in [6.45, 7) is 2.06. The molecule has 2 rings (SSSR count). The Kier molecular flexibility index (Phi) is 2.91. The van der Waals surface area contributed by atoms with Gasteiger partial charge in [0.05, 0.1) is 5.69 Å². The smallest absolute Gasteiger partial charge is 0.254 e. The van der Waals surface area contributed by atoms with Gasteiger partial charge in [-0.25, -0.2) is 4.98 Å². The number of nitrogens with zero attached hydrogens (tertiary/aromatic N) is 1. The third-order valence-electron chi connectivity index (χ3n) is 2.45.